The largest absolute Gasteiger partial charge is 0.335 e. The number of nitrogens with zero attached hydrogens (tertiary/aromatic N) is 2. The van der Waals surface area contributed by atoms with Crippen molar-refractivity contribution in [3.05, 3.63) is 28.8 Å². The fourth-order valence-corrected chi connectivity index (χ4v) is 5.53. The Balaban J connectivity index is 1.65. The Labute approximate surface area is 164 Å². The summed E-state index contributed by atoms with van der Waals surface area (Å²) in [4.78, 5) is 40.5. The van der Waals surface area contributed by atoms with E-state index in [4.69, 9.17) is 0 Å². The van der Waals surface area contributed by atoms with Gasteiger partial charge in [-0.05, 0) is 45.2 Å². The van der Waals surface area contributed by atoms with Crippen molar-refractivity contribution in [2.75, 3.05) is 24.7 Å². The zero-order valence-electron chi connectivity index (χ0n) is 16.6. The van der Waals surface area contributed by atoms with Gasteiger partial charge in [0.05, 0.1) is 11.4 Å². The summed E-state index contributed by atoms with van der Waals surface area (Å²) >= 11 is 1.66. The van der Waals surface area contributed by atoms with Gasteiger partial charge in [-0.3, -0.25) is 14.4 Å². The summed E-state index contributed by atoms with van der Waals surface area (Å²) in [5, 5.41) is 2.93. The number of rotatable bonds is 4. The van der Waals surface area contributed by atoms with Gasteiger partial charge in [-0.1, -0.05) is 17.7 Å². The van der Waals surface area contributed by atoms with Crippen molar-refractivity contribution in [2.24, 2.45) is 0 Å². The van der Waals surface area contributed by atoms with Crippen LogP contribution in [0.1, 0.15) is 36.5 Å². The van der Waals surface area contributed by atoms with Crippen molar-refractivity contribution in [3.8, 4) is 0 Å². The van der Waals surface area contributed by atoms with Crippen LogP contribution in [0.2, 0.25) is 0 Å². The molecule has 3 amide bonds. The van der Waals surface area contributed by atoms with Crippen molar-refractivity contribution < 1.29 is 14.4 Å². The SMILES string of the molecule is Cc1cc(C)c(NC(=O)CN(C)C(=O)C2CSC3(C)CCC(=O)N23)c(C)c1. The van der Waals surface area contributed by atoms with Crippen LogP contribution < -0.4 is 5.32 Å². The summed E-state index contributed by atoms with van der Waals surface area (Å²) in [6.45, 7) is 7.92. The molecule has 0 aliphatic carbocycles. The van der Waals surface area contributed by atoms with Crippen molar-refractivity contribution >= 4 is 35.2 Å². The minimum atomic E-state index is -0.476. The summed E-state index contributed by atoms with van der Waals surface area (Å²) in [5.41, 5.74) is 3.94. The van der Waals surface area contributed by atoms with Crippen molar-refractivity contribution in [3.63, 3.8) is 0 Å². The summed E-state index contributed by atoms with van der Waals surface area (Å²) in [6.07, 6.45) is 1.26. The molecule has 2 atom stereocenters. The lowest BCUT2D eigenvalue weighted by molar-refractivity contribution is -0.143. The van der Waals surface area contributed by atoms with Crippen molar-refractivity contribution in [1.82, 2.24) is 9.80 Å². The number of hydrogen-bond acceptors (Lipinski definition) is 4. The smallest absolute Gasteiger partial charge is 0.246 e. The maximum atomic E-state index is 12.9. The maximum absolute atomic E-state index is 12.9. The Hall–Kier alpha value is -2.02. The molecule has 0 saturated carbocycles. The highest BCUT2D eigenvalue weighted by Gasteiger charge is 2.53. The van der Waals surface area contributed by atoms with E-state index in [0.29, 0.717) is 12.2 Å². The standard InChI is InChI=1S/C20H27N3O3S/c1-12-8-13(2)18(14(3)9-12)21-16(24)10-22(5)19(26)15-11-27-20(4)7-6-17(25)23(15)20/h8-9,15H,6-7,10-11H2,1-5H3,(H,21,24). The Morgan fingerprint density at radius 3 is 2.56 bits per heavy atom. The lowest BCUT2D eigenvalue weighted by Gasteiger charge is -2.31. The lowest BCUT2D eigenvalue weighted by atomic mass is 10.1. The molecule has 0 radical (unpaired) electrons. The molecule has 0 aromatic heterocycles. The molecule has 7 heteroatoms. The van der Waals surface area contributed by atoms with Crippen LogP contribution in [0.15, 0.2) is 12.1 Å². The normalized spacial score (nSPS) is 24.1. The molecule has 1 aromatic rings. The van der Waals surface area contributed by atoms with Crippen LogP contribution in [0.5, 0.6) is 0 Å². The van der Waals surface area contributed by atoms with Gasteiger partial charge in [-0.2, -0.15) is 0 Å². The number of likely N-dealkylation sites (N-methyl/N-ethyl adjacent to an activating group) is 1. The van der Waals surface area contributed by atoms with Crippen LogP contribution in [0, 0.1) is 20.8 Å². The van der Waals surface area contributed by atoms with Gasteiger partial charge >= 0.3 is 0 Å². The molecular weight excluding hydrogens is 362 g/mol. The molecule has 2 aliphatic heterocycles. The average Bonchev–Trinajstić information content (AvgIpc) is 3.06. The number of nitrogens with one attached hydrogen (secondary N) is 1. The number of thioether (sulfide) groups is 1. The van der Waals surface area contributed by atoms with E-state index >= 15 is 0 Å². The number of fused-ring (bicyclic) bond motifs is 1. The van der Waals surface area contributed by atoms with E-state index in [2.05, 4.69) is 5.32 Å². The molecule has 1 N–H and O–H groups in total. The Morgan fingerprint density at radius 1 is 1.30 bits per heavy atom. The lowest BCUT2D eigenvalue weighted by Crippen LogP contribution is -2.51. The fourth-order valence-electron chi connectivity index (χ4n) is 4.11. The summed E-state index contributed by atoms with van der Waals surface area (Å²) < 4.78 is 0. The van der Waals surface area contributed by atoms with Gasteiger partial charge in [0, 0.05) is 24.9 Å². The molecule has 27 heavy (non-hydrogen) atoms. The predicted molar refractivity (Wildman–Crippen MR) is 108 cm³/mol. The summed E-state index contributed by atoms with van der Waals surface area (Å²) in [7, 11) is 1.62. The molecule has 1 aromatic carbocycles. The zero-order chi connectivity index (χ0) is 19.9. The number of carbonyl (C=O) groups is 3. The van der Waals surface area contributed by atoms with Crippen molar-refractivity contribution in [2.45, 2.75) is 51.4 Å². The van der Waals surface area contributed by atoms with Crippen LogP contribution in [-0.4, -0.2) is 57.8 Å². The third-order valence-electron chi connectivity index (χ3n) is 5.43. The Morgan fingerprint density at radius 2 is 1.93 bits per heavy atom. The molecule has 146 valence electrons. The second kappa shape index (κ2) is 7.19. The predicted octanol–water partition coefficient (Wildman–Crippen LogP) is 2.46. The minimum absolute atomic E-state index is 0.0320. The zero-order valence-corrected chi connectivity index (χ0v) is 17.4. The van der Waals surface area contributed by atoms with Gasteiger partial charge in [-0.25, -0.2) is 0 Å². The van der Waals surface area contributed by atoms with E-state index in [1.165, 1.54) is 4.90 Å². The molecule has 2 heterocycles. The maximum Gasteiger partial charge on any atom is 0.246 e. The van der Waals surface area contributed by atoms with Gasteiger partial charge in [0.2, 0.25) is 17.7 Å². The molecule has 2 fully saturated rings. The summed E-state index contributed by atoms with van der Waals surface area (Å²) in [6, 6.07) is 3.57. The highest BCUT2D eigenvalue weighted by Crippen LogP contribution is 2.47. The molecule has 2 unspecified atom stereocenters. The number of anilines is 1. The first kappa shape index (κ1) is 19.7. The number of amides is 3. The Bertz CT molecular complexity index is 787. The van der Waals surface area contributed by atoms with E-state index in [0.717, 1.165) is 28.8 Å². The number of aryl methyl sites for hydroxylation is 3. The first-order valence-electron chi connectivity index (χ1n) is 9.21. The molecule has 2 saturated heterocycles. The monoisotopic (exact) mass is 389 g/mol. The first-order valence-corrected chi connectivity index (χ1v) is 10.2. The third kappa shape index (κ3) is 3.70. The second-order valence-corrected chi connectivity index (χ2v) is 9.28. The van der Waals surface area contributed by atoms with Gasteiger partial charge < -0.3 is 15.1 Å². The van der Waals surface area contributed by atoms with E-state index in [1.807, 2.05) is 39.8 Å². The van der Waals surface area contributed by atoms with Crippen LogP contribution in [0.3, 0.4) is 0 Å². The summed E-state index contributed by atoms with van der Waals surface area (Å²) in [5.74, 6) is 0.212. The van der Waals surface area contributed by atoms with E-state index in [-0.39, 0.29) is 29.1 Å². The van der Waals surface area contributed by atoms with Crippen LogP contribution in [-0.2, 0) is 14.4 Å². The highest BCUT2D eigenvalue weighted by molar-refractivity contribution is 8.01. The van der Waals surface area contributed by atoms with Gasteiger partial charge in [0.1, 0.15) is 6.04 Å². The van der Waals surface area contributed by atoms with Gasteiger partial charge in [0.15, 0.2) is 0 Å². The Kier molecular flexibility index (Phi) is 5.25. The van der Waals surface area contributed by atoms with Crippen molar-refractivity contribution in [1.29, 1.82) is 0 Å². The van der Waals surface area contributed by atoms with Gasteiger partial charge in [-0.15, -0.1) is 11.8 Å². The van der Waals surface area contributed by atoms with E-state index < -0.39 is 6.04 Å². The number of hydrogen-bond donors (Lipinski definition) is 1. The quantitative estimate of drug-likeness (QED) is 0.859. The number of benzene rings is 1. The van der Waals surface area contributed by atoms with Crippen LogP contribution >= 0.6 is 11.8 Å². The molecule has 3 rings (SSSR count). The second-order valence-electron chi connectivity index (χ2n) is 7.78. The molecular formula is C20H27N3O3S. The minimum Gasteiger partial charge on any atom is -0.335 e. The fraction of sp³-hybridized carbons (Fsp3) is 0.550. The first-order chi connectivity index (χ1) is 12.6. The molecule has 6 nitrogen and oxygen atoms in total. The molecule has 2 aliphatic rings. The molecule has 0 bridgehead atoms. The average molecular weight is 390 g/mol. The number of carbonyl (C=O) groups excluding carboxylic acids is 3. The third-order valence-corrected chi connectivity index (χ3v) is 6.93. The highest BCUT2D eigenvalue weighted by atomic mass is 32.2. The van der Waals surface area contributed by atoms with Crippen LogP contribution in [0.4, 0.5) is 5.69 Å². The van der Waals surface area contributed by atoms with E-state index in [1.54, 1.807) is 23.7 Å². The van der Waals surface area contributed by atoms with E-state index in [9.17, 15) is 14.4 Å². The van der Waals surface area contributed by atoms with Crippen LogP contribution in [0.25, 0.3) is 0 Å². The molecule has 0 spiro atoms. The van der Waals surface area contributed by atoms with Gasteiger partial charge in [0.25, 0.3) is 0 Å². The topological polar surface area (TPSA) is 69.7 Å².